The van der Waals surface area contributed by atoms with Gasteiger partial charge in [0.05, 0.1) is 38.0 Å². The van der Waals surface area contributed by atoms with Gasteiger partial charge in [-0.05, 0) is 61.7 Å². The summed E-state index contributed by atoms with van der Waals surface area (Å²) in [5.74, 6) is 0.0752. The van der Waals surface area contributed by atoms with Crippen LogP contribution in [0.15, 0.2) is 48.0 Å². The molecule has 1 fully saturated rings. The maximum absolute atomic E-state index is 13.2. The van der Waals surface area contributed by atoms with Crippen LogP contribution in [0.25, 0.3) is 5.76 Å². The van der Waals surface area contributed by atoms with Crippen LogP contribution in [0, 0.1) is 0 Å². The predicted molar refractivity (Wildman–Crippen MR) is 137 cm³/mol. The number of carbonyl (C=O) groups is 2. The molecular formula is C28H35NO7. The molecule has 0 bridgehead atoms. The lowest BCUT2D eigenvalue weighted by Crippen LogP contribution is -2.32. The molecule has 3 rings (SSSR count). The van der Waals surface area contributed by atoms with Crippen molar-refractivity contribution in [2.75, 3.05) is 40.1 Å². The number of nitrogens with zero attached hydrogens (tertiary/aromatic N) is 1. The maximum Gasteiger partial charge on any atom is 0.295 e. The molecule has 36 heavy (non-hydrogen) atoms. The molecule has 1 saturated heterocycles. The van der Waals surface area contributed by atoms with Gasteiger partial charge < -0.3 is 29.0 Å². The van der Waals surface area contributed by atoms with Crippen molar-refractivity contribution in [2.24, 2.45) is 0 Å². The lowest BCUT2D eigenvalue weighted by Gasteiger charge is -2.26. The molecule has 0 spiro atoms. The largest absolute Gasteiger partial charge is 0.507 e. The van der Waals surface area contributed by atoms with Crippen LogP contribution in [0.5, 0.6) is 17.2 Å². The average Bonchev–Trinajstić information content (AvgIpc) is 3.15. The Morgan fingerprint density at radius 1 is 0.889 bits per heavy atom. The van der Waals surface area contributed by atoms with Crippen molar-refractivity contribution in [3.63, 3.8) is 0 Å². The molecule has 8 nitrogen and oxygen atoms in total. The Balaban J connectivity index is 2.09. The monoisotopic (exact) mass is 497 g/mol. The van der Waals surface area contributed by atoms with E-state index < -0.39 is 17.7 Å². The Bertz CT molecular complexity index is 1080. The maximum atomic E-state index is 13.2. The molecule has 1 aliphatic heterocycles. The van der Waals surface area contributed by atoms with Gasteiger partial charge >= 0.3 is 0 Å². The molecule has 1 heterocycles. The molecule has 0 radical (unpaired) electrons. The summed E-state index contributed by atoms with van der Waals surface area (Å²) in [6.45, 7) is 7.85. The van der Waals surface area contributed by atoms with Crippen LogP contribution in [0.3, 0.4) is 0 Å². The molecule has 1 aliphatic rings. The molecule has 194 valence electrons. The SMILES string of the molecule is CCCOc1ccc(C(O)=C2C(=O)C(=O)N(CCOC)C2c2ccc(OCCC)c(OCC)c2)cc1. The predicted octanol–water partition coefficient (Wildman–Crippen LogP) is 4.73. The first-order valence-corrected chi connectivity index (χ1v) is 12.4. The Morgan fingerprint density at radius 3 is 2.22 bits per heavy atom. The van der Waals surface area contributed by atoms with E-state index >= 15 is 0 Å². The van der Waals surface area contributed by atoms with Crippen molar-refractivity contribution in [2.45, 2.75) is 39.7 Å². The van der Waals surface area contributed by atoms with Crippen LogP contribution in [0.2, 0.25) is 0 Å². The minimum absolute atomic E-state index is 0.0167. The zero-order valence-corrected chi connectivity index (χ0v) is 21.4. The molecule has 8 heteroatoms. The highest BCUT2D eigenvalue weighted by atomic mass is 16.5. The number of ether oxygens (including phenoxy) is 4. The fraction of sp³-hybridized carbons (Fsp3) is 0.429. The van der Waals surface area contributed by atoms with E-state index in [1.165, 1.54) is 12.0 Å². The van der Waals surface area contributed by atoms with E-state index in [0.717, 1.165) is 12.8 Å². The van der Waals surface area contributed by atoms with Gasteiger partial charge in [-0.1, -0.05) is 19.9 Å². The molecule has 2 aromatic carbocycles. The van der Waals surface area contributed by atoms with Crippen molar-refractivity contribution in [3.8, 4) is 17.2 Å². The number of benzene rings is 2. The lowest BCUT2D eigenvalue weighted by molar-refractivity contribution is -0.140. The molecule has 1 amide bonds. The fourth-order valence-corrected chi connectivity index (χ4v) is 4.03. The summed E-state index contributed by atoms with van der Waals surface area (Å²) in [7, 11) is 1.53. The third-order valence-electron chi connectivity index (χ3n) is 5.72. The molecule has 1 N–H and O–H groups in total. The number of rotatable bonds is 13. The van der Waals surface area contributed by atoms with Gasteiger partial charge in [0.15, 0.2) is 11.5 Å². The summed E-state index contributed by atoms with van der Waals surface area (Å²) in [6, 6.07) is 11.3. The first kappa shape index (κ1) is 27.1. The van der Waals surface area contributed by atoms with E-state index in [2.05, 4.69) is 0 Å². The highest BCUT2D eigenvalue weighted by molar-refractivity contribution is 6.46. The number of hydrogen-bond acceptors (Lipinski definition) is 7. The van der Waals surface area contributed by atoms with Gasteiger partial charge in [-0.25, -0.2) is 0 Å². The van der Waals surface area contributed by atoms with Crippen LogP contribution in [-0.4, -0.2) is 61.8 Å². The second-order valence-electron chi connectivity index (χ2n) is 8.35. The standard InChI is InChI=1S/C28H35NO7/c1-5-15-35-21-11-8-19(9-12-21)26(30)24-25(29(14-17-33-4)28(32)27(24)31)20-10-13-22(36-16-6-2)23(18-20)34-7-3/h8-13,18,25,30H,5-7,14-17H2,1-4H3. The van der Waals surface area contributed by atoms with Gasteiger partial charge in [0, 0.05) is 19.2 Å². The average molecular weight is 498 g/mol. The number of methoxy groups -OCH3 is 1. The van der Waals surface area contributed by atoms with Gasteiger partial charge in [0.2, 0.25) is 0 Å². The number of aliphatic hydroxyl groups is 1. The Labute approximate surface area is 212 Å². The minimum Gasteiger partial charge on any atom is -0.507 e. The minimum atomic E-state index is -0.810. The summed E-state index contributed by atoms with van der Waals surface area (Å²) in [6.07, 6.45) is 1.71. The number of hydrogen-bond donors (Lipinski definition) is 1. The smallest absolute Gasteiger partial charge is 0.295 e. The molecule has 2 aromatic rings. The summed E-state index contributed by atoms with van der Waals surface area (Å²) in [5.41, 5.74) is 1.06. The number of likely N-dealkylation sites (tertiary alicyclic amines) is 1. The van der Waals surface area contributed by atoms with E-state index in [-0.39, 0.29) is 24.5 Å². The van der Waals surface area contributed by atoms with Crippen molar-refractivity contribution in [3.05, 3.63) is 59.2 Å². The Hall–Kier alpha value is -3.52. The number of Topliss-reactive ketones (excluding diaryl/α,β-unsaturated/α-hetero) is 1. The van der Waals surface area contributed by atoms with Gasteiger partial charge in [-0.2, -0.15) is 0 Å². The molecular weight excluding hydrogens is 462 g/mol. The van der Waals surface area contributed by atoms with Gasteiger partial charge in [0.1, 0.15) is 11.5 Å². The van der Waals surface area contributed by atoms with Crippen molar-refractivity contribution < 1.29 is 33.6 Å². The van der Waals surface area contributed by atoms with Crippen LogP contribution in [-0.2, 0) is 14.3 Å². The lowest BCUT2D eigenvalue weighted by atomic mass is 9.95. The molecule has 1 atom stereocenters. The van der Waals surface area contributed by atoms with Crippen LogP contribution in [0.4, 0.5) is 0 Å². The van der Waals surface area contributed by atoms with E-state index in [1.807, 2.05) is 20.8 Å². The summed E-state index contributed by atoms with van der Waals surface area (Å²) in [5, 5.41) is 11.2. The summed E-state index contributed by atoms with van der Waals surface area (Å²) >= 11 is 0. The second-order valence-corrected chi connectivity index (χ2v) is 8.35. The second kappa shape index (κ2) is 13.0. The first-order valence-electron chi connectivity index (χ1n) is 12.4. The molecule has 0 aliphatic carbocycles. The van der Waals surface area contributed by atoms with Gasteiger partial charge in [0.25, 0.3) is 11.7 Å². The normalized spacial score (nSPS) is 16.9. The van der Waals surface area contributed by atoms with Crippen LogP contribution in [0.1, 0.15) is 50.8 Å². The highest BCUT2D eigenvalue weighted by Crippen LogP contribution is 2.42. The zero-order valence-electron chi connectivity index (χ0n) is 21.4. The van der Waals surface area contributed by atoms with Crippen molar-refractivity contribution in [1.82, 2.24) is 4.90 Å². The van der Waals surface area contributed by atoms with Crippen LogP contribution < -0.4 is 14.2 Å². The molecule has 1 unspecified atom stereocenters. The van der Waals surface area contributed by atoms with Gasteiger partial charge in [-0.15, -0.1) is 0 Å². The van der Waals surface area contributed by atoms with Crippen molar-refractivity contribution >= 4 is 17.4 Å². The molecule has 0 saturated carbocycles. The van der Waals surface area contributed by atoms with Crippen molar-refractivity contribution in [1.29, 1.82) is 0 Å². The van der Waals surface area contributed by atoms with Crippen LogP contribution >= 0.6 is 0 Å². The number of ketones is 1. The quantitative estimate of drug-likeness (QED) is 0.243. The summed E-state index contributed by atoms with van der Waals surface area (Å²) in [4.78, 5) is 27.6. The van der Waals surface area contributed by atoms with E-state index in [0.29, 0.717) is 48.2 Å². The number of carbonyl (C=O) groups excluding carboxylic acids is 2. The topological polar surface area (TPSA) is 94.5 Å². The fourth-order valence-electron chi connectivity index (χ4n) is 4.03. The first-order chi connectivity index (χ1) is 17.5. The third-order valence-corrected chi connectivity index (χ3v) is 5.72. The Kier molecular flexibility index (Phi) is 9.76. The number of aliphatic hydroxyl groups excluding tert-OH is 1. The Morgan fingerprint density at radius 2 is 1.58 bits per heavy atom. The van der Waals surface area contributed by atoms with E-state index in [1.54, 1.807) is 42.5 Å². The highest BCUT2D eigenvalue weighted by Gasteiger charge is 2.46. The molecule has 0 aromatic heterocycles. The third kappa shape index (κ3) is 5.99. The number of amides is 1. The van der Waals surface area contributed by atoms with E-state index in [4.69, 9.17) is 18.9 Å². The van der Waals surface area contributed by atoms with Gasteiger partial charge in [-0.3, -0.25) is 9.59 Å². The zero-order chi connectivity index (χ0) is 26.1. The van der Waals surface area contributed by atoms with E-state index in [9.17, 15) is 14.7 Å². The summed E-state index contributed by atoms with van der Waals surface area (Å²) < 4.78 is 22.4.